The first-order valence-electron chi connectivity index (χ1n) is 6.72. The normalized spacial score (nSPS) is 19.1. The Bertz CT molecular complexity index is 453. The van der Waals surface area contributed by atoms with Gasteiger partial charge in [-0.2, -0.15) is 0 Å². The van der Waals surface area contributed by atoms with Gasteiger partial charge in [-0.1, -0.05) is 36.4 Å². The third kappa shape index (κ3) is 3.67. The molecule has 0 radical (unpaired) electrons. The molecule has 1 aromatic carbocycles. The van der Waals surface area contributed by atoms with E-state index in [1.54, 1.807) is 0 Å². The number of nitrogens with zero attached hydrogens (tertiary/aromatic N) is 1. The lowest BCUT2D eigenvalue weighted by molar-refractivity contribution is -0.136. The molecule has 0 saturated carbocycles. The number of esters is 1. The van der Waals surface area contributed by atoms with Gasteiger partial charge in [-0.05, 0) is 31.9 Å². The second kappa shape index (κ2) is 6.53. The average molecular weight is 259 g/mol. The number of ether oxygens (including phenoxy) is 1. The molecule has 0 bridgehead atoms. The fraction of sp³-hybridized carbons (Fsp3) is 0.438. The van der Waals surface area contributed by atoms with E-state index in [1.165, 1.54) is 12.7 Å². The number of hydrogen-bond donors (Lipinski definition) is 0. The van der Waals surface area contributed by atoms with Crippen molar-refractivity contribution in [2.24, 2.45) is 0 Å². The number of benzene rings is 1. The van der Waals surface area contributed by atoms with Crippen molar-refractivity contribution in [2.75, 3.05) is 14.2 Å². The summed E-state index contributed by atoms with van der Waals surface area (Å²) in [6, 6.07) is 11.0. The van der Waals surface area contributed by atoms with Gasteiger partial charge in [-0.25, -0.2) is 4.79 Å². The second-order valence-electron chi connectivity index (χ2n) is 5.05. The average Bonchev–Trinajstić information content (AvgIpc) is 2.47. The molecule has 2 rings (SSSR count). The summed E-state index contributed by atoms with van der Waals surface area (Å²) in [5.74, 6) is -0.177. The molecule has 1 aromatic rings. The lowest BCUT2D eigenvalue weighted by atomic mass is 9.94. The Morgan fingerprint density at radius 3 is 2.68 bits per heavy atom. The van der Waals surface area contributed by atoms with Gasteiger partial charge < -0.3 is 4.74 Å². The van der Waals surface area contributed by atoms with Crippen molar-refractivity contribution in [3.8, 4) is 0 Å². The highest BCUT2D eigenvalue weighted by Crippen LogP contribution is 2.23. The van der Waals surface area contributed by atoms with Crippen LogP contribution >= 0.6 is 0 Å². The van der Waals surface area contributed by atoms with E-state index in [-0.39, 0.29) is 5.97 Å². The molecule has 0 fully saturated rings. The van der Waals surface area contributed by atoms with Gasteiger partial charge in [0.25, 0.3) is 0 Å². The molecule has 0 spiro atoms. The Kier molecular flexibility index (Phi) is 4.74. The van der Waals surface area contributed by atoms with Gasteiger partial charge in [0.05, 0.1) is 7.11 Å². The highest BCUT2D eigenvalue weighted by atomic mass is 16.5. The monoisotopic (exact) mass is 259 g/mol. The zero-order chi connectivity index (χ0) is 13.7. The van der Waals surface area contributed by atoms with Crippen molar-refractivity contribution in [3.05, 3.63) is 47.5 Å². The summed E-state index contributed by atoms with van der Waals surface area (Å²) in [7, 11) is 3.59. The molecule has 0 heterocycles. The second-order valence-corrected chi connectivity index (χ2v) is 5.05. The fourth-order valence-electron chi connectivity index (χ4n) is 2.54. The summed E-state index contributed by atoms with van der Waals surface area (Å²) in [5, 5.41) is 0. The first kappa shape index (κ1) is 13.8. The quantitative estimate of drug-likeness (QED) is 0.779. The van der Waals surface area contributed by atoms with Crippen molar-refractivity contribution in [1.82, 2.24) is 4.90 Å². The smallest absolute Gasteiger partial charge is 0.333 e. The van der Waals surface area contributed by atoms with E-state index in [0.29, 0.717) is 6.04 Å². The highest BCUT2D eigenvalue weighted by molar-refractivity contribution is 5.88. The molecular weight excluding hydrogens is 238 g/mol. The Morgan fingerprint density at radius 1 is 1.37 bits per heavy atom. The minimum Gasteiger partial charge on any atom is -0.466 e. The molecule has 102 valence electrons. The lowest BCUT2D eigenvalue weighted by Gasteiger charge is -2.30. The molecule has 0 N–H and O–H groups in total. The van der Waals surface area contributed by atoms with Crippen molar-refractivity contribution in [3.63, 3.8) is 0 Å². The van der Waals surface area contributed by atoms with E-state index >= 15 is 0 Å². The van der Waals surface area contributed by atoms with Crippen LogP contribution in [-0.4, -0.2) is 31.1 Å². The van der Waals surface area contributed by atoms with E-state index in [4.69, 9.17) is 4.74 Å². The Hall–Kier alpha value is -1.61. The molecule has 1 unspecified atom stereocenters. The molecular formula is C16H21NO2. The lowest BCUT2D eigenvalue weighted by Crippen LogP contribution is -2.33. The van der Waals surface area contributed by atoms with Crippen LogP contribution in [-0.2, 0) is 16.1 Å². The van der Waals surface area contributed by atoms with Crippen LogP contribution in [0.4, 0.5) is 0 Å². The van der Waals surface area contributed by atoms with Crippen LogP contribution in [0.2, 0.25) is 0 Å². The summed E-state index contributed by atoms with van der Waals surface area (Å²) < 4.78 is 4.76. The van der Waals surface area contributed by atoms with Gasteiger partial charge in [-0.3, -0.25) is 4.90 Å². The Balaban J connectivity index is 1.90. The molecule has 1 atom stereocenters. The third-order valence-corrected chi connectivity index (χ3v) is 3.73. The van der Waals surface area contributed by atoms with E-state index in [9.17, 15) is 4.79 Å². The number of carbonyl (C=O) groups is 1. The molecule has 1 aliphatic rings. The van der Waals surface area contributed by atoms with Crippen LogP contribution in [0.3, 0.4) is 0 Å². The van der Waals surface area contributed by atoms with Gasteiger partial charge in [0.2, 0.25) is 0 Å². The van der Waals surface area contributed by atoms with Crippen molar-refractivity contribution >= 4 is 5.97 Å². The van der Waals surface area contributed by atoms with Gasteiger partial charge in [0.1, 0.15) is 0 Å². The molecule has 1 aliphatic carbocycles. The summed E-state index contributed by atoms with van der Waals surface area (Å²) in [5.41, 5.74) is 2.15. The first-order valence-corrected chi connectivity index (χ1v) is 6.72. The standard InChI is InChI=1S/C16H21NO2/c1-17(12-13-6-4-3-5-7-13)15-10-8-14(9-11-15)16(18)19-2/h3-8,15H,9-12H2,1-2H3. The van der Waals surface area contributed by atoms with E-state index < -0.39 is 0 Å². The van der Waals surface area contributed by atoms with Crippen LogP contribution in [0.25, 0.3) is 0 Å². The van der Waals surface area contributed by atoms with Crippen LogP contribution in [0.5, 0.6) is 0 Å². The molecule has 0 amide bonds. The van der Waals surface area contributed by atoms with Crippen LogP contribution in [0, 0.1) is 0 Å². The topological polar surface area (TPSA) is 29.5 Å². The Morgan fingerprint density at radius 2 is 2.11 bits per heavy atom. The van der Waals surface area contributed by atoms with Gasteiger partial charge >= 0.3 is 5.97 Å². The number of hydrogen-bond acceptors (Lipinski definition) is 3. The molecule has 0 aromatic heterocycles. The van der Waals surface area contributed by atoms with Crippen molar-refractivity contribution < 1.29 is 9.53 Å². The number of rotatable bonds is 4. The maximum Gasteiger partial charge on any atom is 0.333 e. The molecule has 3 nitrogen and oxygen atoms in total. The highest BCUT2D eigenvalue weighted by Gasteiger charge is 2.21. The van der Waals surface area contributed by atoms with Crippen molar-refractivity contribution in [1.29, 1.82) is 0 Å². The van der Waals surface area contributed by atoms with E-state index in [2.05, 4.69) is 36.2 Å². The molecule has 0 aliphatic heterocycles. The summed E-state index contributed by atoms with van der Waals surface area (Å²) in [6.07, 6.45) is 4.79. The number of carbonyl (C=O) groups excluding carboxylic acids is 1. The predicted octanol–water partition coefficient (Wildman–Crippen LogP) is 2.77. The molecule has 0 saturated heterocycles. The fourth-order valence-corrected chi connectivity index (χ4v) is 2.54. The molecule has 3 heteroatoms. The van der Waals surface area contributed by atoms with Crippen LogP contribution in [0.15, 0.2) is 42.0 Å². The molecule has 19 heavy (non-hydrogen) atoms. The van der Waals surface area contributed by atoms with Gasteiger partial charge in [0.15, 0.2) is 0 Å². The summed E-state index contributed by atoms with van der Waals surface area (Å²) in [4.78, 5) is 13.8. The maximum absolute atomic E-state index is 11.4. The van der Waals surface area contributed by atoms with Crippen LogP contribution < -0.4 is 0 Å². The van der Waals surface area contributed by atoms with E-state index in [0.717, 1.165) is 31.4 Å². The van der Waals surface area contributed by atoms with Gasteiger partial charge in [-0.15, -0.1) is 0 Å². The van der Waals surface area contributed by atoms with Crippen molar-refractivity contribution in [2.45, 2.75) is 31.8 Å². The van der Waals surface area contributed by atoms with E-state index in [1.807, 2.05) is 12.1 Å². The zero-order valence-electron chi connectivity index (χ0n) is 11.6. The third-order valence-electron chi connectivity index (χ3n) is 3.73. The minimum absolute atomic E-state index is 0.177. The maximum atomic E-state index is 11.4. The largest absolute Gasteiger partial charge is 0.466 e. The van der Waals surface area contributed by atoms with Crippen LogP contribution in [0.1, 0.15) is 24.8 Å². The summed E-state index contributed by atoms with van der Waals surface area (Å²) in [6.45, 7) is 0.951. The zero-order valence-corrected chi connectivity index (χ0v) is 11.6. The Labute approximate surface area is 114 Å². The van der Waals surface area contributed by atoms with Gasteiger partial charge in [0, 0.05) is 18.2 Å². The summed E-state index contributed by atoms with van der Waals surface area (Å²) >= 11 is 0. The number of methoxy groups -OCH3 is 1. The first-order chi connectivity index (χ1) is 9.20. The minimum atomic E-state index is -0.177. The predicted molar refractivity (Wildman–Crippen MR) is 75.6 cm³/mol. The SMILES string of the molecule is COC(=O)C1=CCC(N(C)Cc2ccccc2)CC1.